The summed E-state index contributed by atoms with van der Waals surface area (Å²) in [7, 11) is 3.14. The molecule has 7 heteroatoms. The zero-order valence-corrected chi connectivity index (χ0v) is 14.2. The van der Waals surface area contributed by atoms with Gasteiger partial charge in [-0.05, 0) is 25.2 Å². The number of hydrogen-bond donors (Lipinski definition) is 2. The van der Waals surface area contributed by atoms with Crippen LogP contribution in [0.25, 0.3) is 0 Å². The van der Waals surface area contributed by atoms with Crippen LogP contribution in [0.5, 0.6) is 5.75 Å². The molecule has 0 saturated heterocycles. The molecule has 0 aromatic heterocycles. The molecule has 1 aromatic carbocycles. The normalized spacial score (nSPS) is 17.3. The Labute approximate surface area is 140 Å². The van der Waals surface area contributed by atoms with E-state index in [4.69, 9.17) is 26.4 Å². The molecule has 1 aliphatic heterocycles. The first kappa shape index (κ1) is 17.2. The van der Waals surface area contributed by atoms with Gasteiger partial charge in [0, 0.05) is 18.4 Å². The van der Waals surface area contributed by atoms with Crippen molar-refractivity contribution < 1.29 is 19.0 Å². The number of allylic oxidation sites excluding steroid dienone is 1. The first-order chi connectivity index (χ1) is 11.1. The van der Waals surface area contributed by atoms with Crippen LogP contribution in [0.3, 0.4) is 0 Å². The third kappa shape index (κ3) is 4.00. The Morgan fingerprint density at radius 2 is 2.00 bits per heavy atom. The molecule has 0 unspecified atom stereocenters. The lowest BCUT2D eigenvalue weighted by Crippen LogP contribution is -2.45. The van der Waals surface area contributed by atoms with Crippen molar-refractivity contribution in [3.63, 3.8) is 0 Å². The molecule has 6 nitrogen and oxygen atoms in total. The molecule has 0 spiro atoms. The Balaban J connectivity index is 2.36. The Bertz CT molecular complexity index is 630. The van der Waals surface area contributed by atoms with Gasteiger partial charge in [0.1, 0.15) is 12.4 Å². The van der Waals surface area contributed by atoms with Gasteiger partial charge in [-0.15, -0.1) is 0 Å². The zero-order valence-electron chi connectivity index (χ0n) is 13.3. The summed E-state index contributed by atoms with van der Waals surface area (Å²) in [5, 5.41) is 6.53. The van der Waals surface area contributed by atoms with E-state index in [0.29, 0.717) is 28.7 Å². The highest BCUT2D eigenvalue weighted by molar-refractivity contribution is 7.80. The molecule has 0 bridgehead atoms. The maximum atomic E-state index is 12.5. The Morgan fingerprint density at radius 1 is 1.26 bits per heavy atom. The molecule has 0 amide bonds. The van der Waals surface area contributed by atoms with Crippen LogP contribution >= 0.6 is 12.2 Å². The highest BCUT2D eigenvalue weighted by Gasteiger charge is 2.32. The second-order valence-corrected chi connectivity index (χ2v) is 5.35. The summed E-state index contributed by atoms with van der Waals surface area (Å²) >= 11 is 5.22. The molecule has 1 aliphatic rings. The van der Waals surface area contributed by atoms with E-state index >= 15 is 0 Å². The van der Waals surface area contributed by atoms with E-state index < -0.39 is 12.0 Å². The number of esters is 1. The van der Waals surface area contributed by atoms with Gasteiger partial charge in [-0.2, -0.15) is 0 Å². The number of carbonyl (C=O) groups is 1. The lowest BCUT2D eigenvalue weighted by Gasteiger charge is -2.30. The molecular weight excluding hydrogens is 316 g/mol. The fourth-order valence-electron chi connectivity index (χ4n) is 2.40. The highest BCUT2D eigenvalue weighted by Crippen LogP contribution is 2.33. The predicted molar refractivity (Wildman–Crippen MR) is 90.1 cm³/mol. The summed E-state index contributed by atoms with van der Waals surface area (Å²) < 4.78 is 15.6. The fourth-order valence-corrected chi connectivity index (χ4v) is 2.67. The second kappa shape index (κ2) is 7.94. The minimum atomic E-state index is -0.435. The number of rotatable bonds is 6. The van der Waals surface area contributed by atoms with Crippen molar-refractivity contribution in [1.29, 1.82) is 0 Å². The van der Waals surface area contributed by atoms with Crippen molar-refractivity contribution in [3.8, 4) is 5.75 Å². The maximum Gasteiger partial charge on any atom is 0.338 e. The van der Waals surface area contributed by atoms with Crippen LogP contribution in [-0.2, 0) is 14.3 Å². The van der Waals surface area contributed by atoms with Crippen LogP contribution in [0.4, 0.5) is 0 Å². The number of thiocarbonyl (C=S) groups is 1. The van der Waals surface area contributed by atoms with Crippen LogP contribution in [-0.4, -0.2) is 38.5 Å². The van der Waals surface area contributed by atoms with Gasteiger partial charge in [0.25, 0.3) is 0 Å². The SMILES string of the molecule is COCCOC(=O)C1=C(C)NC(=S)N[C@@H]1c1ccccc1OC. The molecule has 23 heavy (non-hydrogen) atoms. The average Bonchev–Trinajstić information content (AvgIpc) is 2.54. The molecule has 1 atom stereocenters. The van der Waals surface area contributed by atoms with Crippen molar-refractivity contribution in [2.24, 2.45) is 0 Å². The van der Waals surface area contributed by atoms with Gasteiger partial charge >= 0.3 is 5.97 Å². The van der Waals surface area contributed by atoms with E-state index in [1.54, 1.807) is 21.1 Å². The van der Waals surface area contributed by atoms with E-state index in [1.807, 2.05) is 24.3 Å². The zero-order chi connectivity index (χ0) is 16.8. The van der Waals surface area contributed by atoms with Crippen LogP contribution < -0.4 is 15.4 Å². The van der Waals surface area contributed by atoms with Crippen LogP contribution in [0, 0.1) is 0 Å². The average molecular weight is 336 g/mol. The largest absolute Gasteiger partial charge is 0.496 e. The van der Waals surface area contributed by atoms with Crippen molar-refractivity contribution in [2.75, 3.05) is 27.4 Å². The Kier molecular flexibility index (Phi) is 5.95. The number of carbonyl (C=O) groups excluding carboxylic acids is 1. The first-order valence-electron chi connectivity index (χ1n) is 7.15. The molecule has 124 valence electrons. The number of benzene rings is 1. The Morgan fingerprint density at radius 3 is 2.70 bits per heavy atom. The quantitative estimate of drug-likeness (QED) is 0.465. The van der Waals surface area contributed by atoms with Gasteiger partial charge in [-0.25, -0.2) is 4.79 Å². The molecule has 1 heterocycles. The van der Waals surface area contributed by atoms with Gasteiger partial charge in [0.15, 0.2) is 5.11 Å². The van der Waals surface area contributed by atoms with Gasteiger partial charge in [-0.3, -0.25) is 0 Å². The van der Waals surface area contributed by atoms with Crippen molar-refractivity contribution in [1.82, 2.24) is 10.6 Å². The molecule has 0 fully saturated rings. The summed E-state index contributed by atoms with van der Waals surface area (Å²) in [5.41, 5.74) is 1.95. The summed E-state index contributed by atoms with van der Waals surface area (Å²) in [6.07, 6.45) is 0. The minimum Gasteiger partial charge on any atom is -0.496 e. The molecule has 2 rings (SSSR count). The molecular formula is C16H20N2O4S. The van der Waals surface area contributed by atoms with E-state index in [2.05, 4.69) is 10.6 Å². The Hall–Kier alpha value is -2.12. The van der Waals surface area contributed by atoms with Crippen molar-refractivity contribution in [3.05, 3.63) is 41.1 Å². The van der Waals surface area contributed by atoms with Gasteiger partial charge in [0.05, 0.1) is 25.3 Å². The summed E-state index contributed by atoms with van der Waals surface area (Å²) in [6.45, 7) is 2.33. The second-order valence-electron chi connectivity index (χ2n) is 4.94. The van der Waals surface area contributed by atoms with Crippen LogP contribution in [0.15, 0.2) is 35.5 Å². The molecule has 1 aromatic rings. The summed E-state index contributed by atoms with van der Waals surface area (Å²) in [6, 6.07) is 7.05. The monoisotopic (exact) mass is 336 g/mol. The van der Waals surface area contributed by atoms with Gasteiger partial charge < -0.3 is 24.8 Å². The van der Waals surface area contributed by atoms with E-state index in [9.17, 15) is 4.79 Å². The van der Waals surface area contributed by atoms with Crippen LogP contribution in [0.2, 0.25) is 0 Å². The highest BCUT2D eigenvalue weighted by atomic mass is 32.1. The lowest BCUT2D eigenvalue weighted by molar-refractivity contribution is -0.140. The summed E-state index contributed by atoms with van der Waals surface area (Å²) in [5.74, 6) is 0.252. The third-order valence-electron chi connectivity index (χ3n) is 3.46. The number of ether oxygens (including phenoxy) is 3. The van der Waals surface area contributed by atoms with E-state index in [0.717, 1.165) is 5.56 Å². The van der Waals surface area contributed by atoms with Gasteiger partial charge in [0.2, 0.25) is 0 Å². The predicted octanol–water partition coefficient (Wildman–Crippen LogP) is 1.68. The molecule has 0 aliphatic carbocycles. The summed E-state index contributed by atoms with van der Waals surface area (Å²) in [4.78, 5) is 12.5. The number of nitrogens with one attached hydrogen (secondary N) is 2. The smallest absolute Gasteiger partial charge is 0.338 e. The van der Waals surface area contributed by atoms with Crippen LogP contribution in [0.1, 0.15) is 18.5 Å². The third-order valence-corrected chi connectivity index (χ3v) is 3.68. The van der Waals surface area contributed by atoms with Crippen molar-refractivity contribution in [2.45, 2.75) is 13.0 Å². The number of methoxy groups -OCH3 is 2. The lowest BCUT2D eigenvalue weighted by atomic mass is 9.95. The molecule has 0 radical (unpaired) electrons. The van der Waals surface area contributed by atoms with Gasteiger partial charge in [-0.1, -0.05) is 18.2 Å². The number of para-hydroxylation sites is 1. The first-order valence-corrected chi connectivity index (χ1v) is 7.56. The topological polar surface area (TPSA) is 68.8 Å². The van der Waals surface area contributed by atoms with E-state index in [-0.39, 0.29) is 6.61 Å². The van der Waals surface area contributed by atoms with Crippen molar-refractivity contribution >= 4 is 23.3 Å². The number of hydrogen-bond acceptors (Lipinski definition) is 5. The molecule has 0 saturated carbocycles. The standard InChI is InChI=1S/C16H20N2O4S/c1-10-13(15(19)22-9-8-20-2)14(18-16(23)17-10)11-6-4-5-7-12(11)21-3/h4-7,14H,8-9H2,1-3H3,(H2,17,18,23)/t14-/m1/s1. The maximum absolute atomic E-state index is 12.5. The fraction of sp³-hybridized carbons (Fsp3) is 0.375. The molecule has 2 N–H and O–H groups in total. The minimum absolute atomic E-state index is 0.190. The van der Waals surface area contributed by atoms with E-state index in [1.165, 1.54) is 0 Å².